The Hall–Kier alpha value is -2.71. The summed E-state index contributed by atoms with van der Waals surface area (Å²) in [5.41, 5.74) is -0.606. The number of halogens is 5. The number of carbonyl (C=O) groups is 2. The van der Waals surface area contributed by atoms with E-state index in [4.69, 9.17) is 27.9 Å². The van der Waals surface area contributed by atoms with E-state index in [1.165, 1.54) is 31.4 Å². The van der Waals surface area contributed by atoms with Crippen molar-refractivity contribution in [3.05, 3.63) is 63.3 Å². The lowest BCUT2D eigenvalue weighted by Gasteiger charge is -2.19. The number of nitrogens with zero attached hydrogens (tertiary/aromatic N) is 1. The lowest BCUT2D eigenvalue weighted by atomic mass is 10.2. The van der Waals surface area contributed by atoms with Crippen LogP contribution < -0.4 is 15.0 Å². The van der Waals surface area contributed by atoms with Crippen molar-refractivity contribution in [2.45, 2.75) is 13.1 Å². The Morgan fingerprint density at radius 3 is 2.38 bits per heavy atom. The molecule has 0 atom stereocenters. The monoisotopic (exact) mass is 444 g/mol. The predicted molar refractivity (Wildman–Crippen MR) is 103 cm³/mol. The van der Waals surface area contributed by atoms with Crippen LogP contribution >= 0.6 is 23.2 Å². The van der Waals surface area contributed by atoms with Crippen LogP contribution in [0.15, 0.2) is 47.1 Å². The lowest BCUT2D eigenvalue weighted by molar-refractivity contribution is -0.137. The van der Waals surface area contributed by atoms with Gasteiger partial charge in [-0.25, -0.2) is 4.90 Å². The molecule has 0 saturated carbocycles. The summed E-state index contributed by atoms with van der Waals surface area (Å²) in [5.74, 6) is -1.52. The normalized spacial score (nSPS) is 14.7. The van der Waals surface area contributed by atoms with Crippen molar-refractivity contribution >= 4 is 46.4 Å². The molecule has 2 aromatic carbocycles. The van der Waals surface area contributed by atoms with Gasteiger partial charge >= 0.3 is 6.18 Å². The van der Waals surface area contributed by atoms with Crippen LogP contribution in [-0.2, 0) is 15.8 Å². The Morgan fingerprint density at radius 2 is 1.76 bits per heavy atom. The maximum atomic E-state index is 12.9. The van der Waals surface area contributed by atoms with Crippen LogP contribution in [0.2, 0.25) is 5.02 Å². The molecule has 1 N–H and O–H groups in total. The summed E-state index contributed by atoms with van der Waals surface area (Å²) >= 11 is 12.1. The van der Waals surface area contributed by atoms with Gasteiger partial charge in [0, 0.05) is 16.8 Å². The highest BCUT2D eigenvalue weighted by Gasteiger charge is 2.40. The molecule has 1 aliphatic heterocycles. The summed E-state index contributed by atoms with van der Waals surface area (Å²) in [6.07, 6.45) is -4.56. The summed E-state index contributed by atoms with van der Waals surface area (Å²) in [5, 5.41) is 2.43. The van der Waals surface area contributed by atoms with Crippen LogP contribution in [0.4, 0.5) is 24.5 Å². The van der Waals surface area contributed by atoms with Crippen molar-refractivity contribution in [1.29, 1.82) is 0 Å². The minimum absolute atomic E-state index is 0.0461. The number of nitrogens with one attached hydrogen (secondary N) is 1. The van der Waals surface area contributed by atoms with E-state index in [2.05, 4.69) is 5.32 Å². The molecular formula is C19H13Cl2F3N2O3. The van der Waals surface area contributed by atoms with Crippen LogP contribution in [0.25, 0.3) is 0 Å². The van der Waals surface area contributed by atoms with E-state index in [9.17, 15) is 22.8 Å². The van der Waals surface area contributed by atoms with E-state index in [0.29, 0.717) is 10.6 Å². The molecule has 0 aliphatic carbocycles. The number of amides is 2. The number of methoxy groups -OCH3 is 1. The van der Waals surface area contributed by atoms with E-state index in [-0.39, 0.29) is 22.8 Å². The Balaban J connectivity index is 1.98. The highest BCUT2D eigenvalue weighted by molar-refractivity contribution is 6.53. The first-order valence-electron chi connectivity index (χ1n) is 8.11. The number of hydrogen-bond donors (Lipinski definition) is 1. The quantitative estimate of drug-likeness (QED) is 0.665. The SMILES string of the molecule is COc1cc(Cl)c(C)cc1N1C(=O)C(Cl)=C(Nc2cccc(C(F)(F)F)c2)C1=O. The second-order valence-corrected chi connectivity index (χ2v) is 6.90. The van der Waals surface area contributed by atoms with Gasteiger partial charge in [-0.1, -0.05) is 29.3 Å². The van der Waals surface area contributed by atoms with Crippen LogP contribution in [0.1, 0.15) is 11.1 Å². The zero-order valence-electron chi connectivity index (χ0n) is 15.0. The molecule has 0 aromatic heterocycles. The Labute approximate surface area is 173 Å². The second kappa shape index (κ2) is 7.61. The molecule has 2 aromatic rings. The molecule has 1 aliphatic rings. The van der Waals surface area contributed by atoms with Crippen LogP contribution in [0.3, 0.4) is 0 Å². The number of aryl methyl sites for hydroxylation is 1. The molecule has 0 fully saturated rings. The lowest BCUT2D eigenvalue weighted by Crippen LogP contribution is -2.32. The van der Waals surface area contributed by atoms with Gasteiger partial charge in [0.2, 0.25) is 0 Å². The van der Waals surface area contributed by atoms with Crippen molar-refractivity contribution in [2.75, 3.05) is 17.3 Å². The zero-order chi connectivity index (χ0) is 21.5. The average molecular weight is 445 g/mol. The molecule has 152 valence electrons. The number of carbonyl (C=O) groups excluding carboxylic acids is 2. The highest BCUT2D eigenvalue weighted by atomic mass is 35.5. The standard InChI is InChI=1S/C19H13Cl2F3N2O3/c1-9-6-13(14(29-2)8-12(9)20)26-17(27)15(21)16(18(26)28)25-11-5-3-4-10(7-11)19(22,23)24/h3-8,25H,1-2H3. The van der Waals surface area contributed by atoms with E-state index in [1.54, 1.807) is 6.92 Å². The maximum Gasteiger partial charge on any atom is 0.416 e. The maximum absolute atomic E-state index is 12.9. The number of hydrogen-bond acceptors (Lipinski definition) is 4. The van der Waals surface area contributed by atoms with Gasteiger partial charge in [-0.15, -0.1) is 0 Å². The molecule has 0 saturated heterocycles. The predicted octanol–water partition coefficient (Wildman–Crippen LogP) is 5.11. The van der Waals surface area contributed by atoms with Gasteiger partial charge in [0.25, 0.3) is 11.8 Å². The molecule has 1 heterocycles. The van der Waals surface area contributed by atoms with E-state index >= 15 is 0 Å². The van der Waals surface area contributed by atoms with E-state index in [1.807, 2.05) is 0 Å². The molecule has 5 nitrogen and oxygen atoms in total. The minimum atomic E-state index is -4.56. The Bertz CT molecular complexity index is 1050. The largest absolute Gasteiger partial charge is 0.494 e. The topological polar surface area (TPSA) is 58.6 Å². The van der Waals surface area contributed by atoms with Crippen LogP contribution in [-0.4, -0.2) is 18.9 Å². The second-order valence-electron chi connectivity index (χ2n) is 6.11. The van der Waals surface area contributed by atoms with Crippen molar-refractivity contribution < 1.29 is 27.5 Å². The number of benzene rings is 2. The molecule has 3 rings (SSSR count). The van der Waals surface area contributed by atoms with Gasteiger partial charge in [0.15, 0.2) is 0 Å². The van der Waals surface area contributed by atoms with E-state index < -0.39 is 28.6 Å². The summed E-state index contributed by atoms with van der Waals surface area (Å²) in [6, 6.07) is 7.11. The van der Waals surface area contributed by atoms with E-state index in [0.717, 1.165) is 17.0 Å². The summed E-state index contributed by atoms with van der Waals surface area (Å²) in [7, 11) is 1.34. The fraction of sp³-hybridized carbons (Fsp3) is 0.158. The molecule has 0 radical (unpaired) electrons. The molecule has 10 heteroatoms. The number of anilines is 2. The number of alkyl halides is 3. The Kier molecular flexibility index (Phi) is 5.51. The highest BCUT2D eigenvalue weighted by Crippen LogP contribution is 2.39. The first kappa shape index (κ1) is 21.0. The van der Waals surface area contributed by atoms with Gasteiger partial charge in [-0.3, -0.25) is 9.59 Å². The van der Waals surface area contributed by atoms with Gasteiger partial charge in [-0.2, -0.15) is 13.2 Å². The van der Waals surface area contributed by atoms with Gasteiger partial charge < -0.3 is 10.1 Å². The third kappa shape index (κ3) is 3.90. The number of rotatable bonds is 4. The van der Waals surface area contributed by atoms with Gasteiger partial charge in [0.1, 0.15) is 16.5 Å². The summed E-state index contributed by atoms with van der Waals surface area (Å²) in [6.45, 7) is 1.67. The summed E-state index contributed by atoms with van der Waals surface area (Å²) < 4.78 is 43.9. The molecule has 2 amide bonds. The number of ether oxygens (including phenoxy) is 1. The van der Waals surface area contributed by atoms with Crippen molar-refractivity contribution in [1.82, 2.24) is 0 Å². The molecule has 29 heavy (non-hydrogen) atoms. The molecule has 0 bridgehead atoms. The molecular weight excluding hydrogens is 432 g/mol. The van der Waals surface area contributed by atoms with Gasteiger partial charge in [0.05, 0.1) is 18.4 Å². The fourth-order valence-electron chi connectivity index (χ4n) is 2.73. The van der Waals surface area contributed by atoms with Crippen molar-refractivity contribution in [3.8, 4) is 5.75 Å². The van der Waals surface area contributed by atoms with Crippen molar-refractivity contribution in [2.24, 2.45) is 0 Å². The molecule has 0 unspecified atom stereocenters. The van der Waals surface area contributed by atoms with Gasteiger partial charge in [-0.05, 0) is 36.8 Å². The van der Waals surface area contributed by atoms with Crippen molar-refractivity contribution in [3.63, 3.8) is 0 Å². The average Bonchev–Trinajstić information content (AvgIpc) is 2.86. The first-order chi connectivity index (χ1) is 13.5. The summed E-state index contributed by atoms with van der Waals surface area (Å²) in [4.78, 5) is 26.3. The third-order valence-corrected chi connectivity index (χ3v) is 4.95. The van der Waals surface area contributed by atoms with Crippen LogP contribution in [0.5, 0.6) is 5.75 Å². The fourth-order valence-corrected chi connectivity index (χ4v) is 3.10. The first-order valence-corrected chi connectivity index (χ1v) is 8.87. The zero-order valence-corrected chi connectivity index (χ0v) is 16.5. The van der Waals surface area contributed by atoms with Crippen LogP contribution in [0, 0.1) is 6.92 Å². The molecule has 0 spiro atoms. The third-order valence-electron chi connectivity index (χ3n) is 4.19. The number of imide groups is 1. The Morgan fingerprint density at radius 1 is 1.07 bits per heavy atom. The minimum Gasteiger partial charge on any atom is -0.494 e. The smallest absolute Gasteiger partial charge is 0.416 e.